The van der Waals surface area contributed by atoms with Crippen molar-refractivity contribution in [3.05, 3.63) is 60.7 Å². The molecule has 0 spiro atoms. The summed E-state index contributed by atoms with van der Waals surface area (Å²) in [7, 11) is -4.12. The van der Waals surface area contributed by atoms with Gasteiger partial charge in [-0.2, -0.15) is 13.5 Å². The molecule has 0 radical (unpaired) electrons. The molecule has 2 aliphatic rings. The number of rotatable bonds is 5. The lowest BCUT2D eigenvalue weighted by atomic mass is 9.70. The molecule has 2 atom stereocenters. The van der Waals surface area contributed by atoms with Gasteiger partial charge >= 0.3 is 0 Å². The zero-order valence-electron chi connectivity index (χ0n) is 16.2. The summed E-state index contributed by atoms with van der Waals surface area (Å²) >= 11 is 0. The zero-order chi connectivity index (χ0) is 20.0. The summed E-state index contributed by atoms with van der Waals surface area (Å²) in [6.45, 7) is 4.24. The third-order valence-electron chi connectivity index (χ3n) is 6.82. The Morgan fingerprint density at radius 3 is 2.04 bits per heavy atom. The summed E-state index contributed by atoms with van der Waals surface area (Å²) in [6, 6.07) is 19.7. The van der Waals surface area contributed by atoms with E-state index >= 15 is 0 Å². The van der Waals surface area contributed by atoms with Gasteiger partial charge in [-0.05, 0) is 54.9 Å². The summed E-state index contributed by atoms with van der Waals surface area (Å²) in [5.41, 5.74) is 1.86. The van der Waals surface area contributed by atoms with Crippen molar-refractivity contribution in [2.75, 3.05) is 10.8 Å². The minimum absolute atomic E-state index is 0.222. The van der Waals surface area contributed by atoms with Gasteiger partial charge < -0.3 is 0 Å². The Morgan fingerprint density at radius 2 is 1.57 bits per heavy atom. The van der Waals surface area contributed by atoms with Gasteiger partial charge in [0.25, 0.3) is 10.1 Å². The molecule has 1 N–H and O–H groups in total. The Bertz CT molecular complexity index is 947. The second-order valence-corrected chi connectivity index (χ2v) is 9.95. The van der Waals surface area contributed by atoms with Gasteiger partial charge in [-0.1, -0.05) is 50.2 Å². The molecule has 0 amide bonds. The molecule has 0 saturated heterocycles. The molecule has 0 aromatic heterocycles. The highest BCUT2D eigenvalue weighted by Gasteiger charge is 2.64. The van der Waals surface area contributed by atoms with Crippen LogP contribution in [0.1, 0.15) is 33.1 Å². The van der Waals surface area contributed by atoms with Crippen LogP contribution in [0.25, 0.3) is 0 Å². The smallest absolute Gasteiger partial charge is 0.265 e. The lowest BCUT2D eigenvalue weighted by molar-refractivity contribution is 0.193. The SMILES string of the molecule is CC1(C)[C@H]2CC[C@]1(CS(=O)(=O)O)/C(=N\N(c1ccccc1)c1ccccc1)C2. The van der Waals surface area contributed by atoms with E-state index in [1.807, 2.05) is 65.7 Å². The molecule has 0 heterocycles. The van der Waals surface area contributed by atoms with E-state index in [9.17, 15) is 13.0 Å². The molecule has 2 fully saturated rings. The number of hydrogen-bond acceptors (Lipinski definition) is 4. The summed E-state index contributed by atoms with van der Waals surface area (Å²) in [4.78, 5) is 0. The van der Waals surface area contributed by atoms with Crippen LogP contribution in [-0.4, -0.2) is 24.4 Å². The number of nitrogens with zero attached hydrogens (tertiary/aromatic N) is 2. The van der Waals surface area contributed by atoms with Gasteiger partial charge in [0, 0.05) is 11.1 Å². The van der Waals surface area contributed by atoms with Crippen LogP contribution in [0.3, 0.4) is 0 Å². The van der Waals surface area contributed by atoms with E-state index in [0.717, 1.165) is 36.3 Å². The van der Waals surface area contributed by atoms with E-state index in [2.05, 4.69) is 13.8 Å². The highest BCUT2D eigenvalue weighted by atomic mass is 32.2. The van der Waals surface area contributed by atoms with Crippen LogP contribution < -0.4 is 5.01 Å². The van der Waals surface area contributed by atoms with Crippen molar-refractivity contribution >= 4 is 27.2 Å². The van der Waals surface area contributed by atoms with E-state index in [4.69, 9.17) is 5.10 Å². The topological polar surface area (TPSA) is 70.0 Å². The van der Waals surface area contributed by atoms with Crippen molar-refractivity contribution in [2.24, 2.45) is 21.8 Å². The summed E-state index contributed by atoms with van der Waals surface area (Å²) in [6.07, 6.45) is 2.47. The molecule has 0 aliphatic heterocycles. The van der Waals surface area contributed by atoms with Gasteiger partial charge in [-0.3, -0.25) is 4.55 Å². The fourth-order valence-electron chi connectivity index (χ4n) is 5.11. The largest absolute Gasteiger partial charge is 0.286 e. The number of benzene rings is 2. The molecule has 4 rings (SSSR count). The Hall–Kier alpha value is -2.18. The number of para-hydroxylation sites is 2. The quantitative estimate of drug-likeness (QED) is 0.575. The maximum absolute atomic E-state index is 11.9. The number of hydrazone groups is 1. The average molecular weight is 399 g/mol. The average Bonchev–Trinajstić information content (AvgIpc) is 3.01. The first-order valence-electron chi connectivity index (χ1n) is 9.66. The Morgan fingerprint density at radius 1 is 1.04 bits per heavy atom. The van der Waals surface area contributed by atoms with Crippen LogP contribution in [-0.2, 0) is 10.1 Å². The van der Waals surface area contributed by atoms with Gasteiger partial charge in [-0.25, -0.2) is 5.01 Å². The molecule has 2 aromatic rings. The summed E-state index contributed by atoms with van der Waals surface area (Å²) in [5.74, 6) is 0.112. The molecule has 148 valence electrons. The monoisotopic (exact) mass is 398 g/mol. The van der Waals surface area contributed by atoms with Gasteiger partial charge in [0.2, 0.25) is 0 Å². The lowest BCUT2D eigenvalue weighted by Crippen LogP contribution is -2.42. The molecular formula is C22H26N2O3S. The molecule has 2 bridgehead atoms. The van der Waals surface area contributed by atoms with Crippen molar-refractivity contribution in [1.82, 2.24) is 0 Å². The normalized spacial score (nSPS) is 27.2. The summed E-state index contributed by atoms with van der Waals surface area (Å²) in [5, 5.41) is 6.91. The fourth-order valence-corrected chi connectivity index (χ4v) is 6.42. The predicted octanol–water partition coefficient (Wildman–Crippen LogP) is 4.89. The lowest BCUT2D eigenvalue weighted by Gasteiger charge is -2.38. The van der Waals surface area contributed by atoms with E-state index < -0.39 is 15.5 Å². The van der Waals surface area contributed by atoms with Crippen molar-refractivity contribution in [3.8, 4) is 0 Å². The van der Waals surface area contributed by atoms with Crippen LogP contribution in [0.5, 0.6) is 0 Å². The summed E-state index contributed by atoms with van der Waals surface area (Å²) < 4.78 is 33.5. The van der Waals surface area contributed by atoms with Crippen LogP contribution in [0, 0.1) is 16.7 Å². The highest BCUT2D eigenvalue weighted by molar-refractivity contribution is 7.85. The maximum atomic E-state index is 11.9. The zero-order valence-corrected chi connectivity index (χ0v) is 17.1. The van der Waals surface area contributed by atoms with Crippen molar-refractivity contribution in [3.63, 3.8) is 0 Å². The number of anilines is 2. The first kappa shape index (κ1) is 19.2. The first-order valence-corrected chi connectivity index (χ1v) is 11.3. The van der Waals surface area contributed by atoms with Crippen LogP contribution in [0.15, 0.2) is 65.8 Å². The minimum Gasteiger partial charge on any atom is -0.286 e. The Balaban J connectivity index is 1.84. The van der Waals surface area contributed by atoms with Crippen LogP contribution >= 0.6 is 0 Å². The fraction of sp³-hybridized carbons (Fsp3) is 0.409. The molecule has 2 saturated carbocycles. The van der Waals surface area contributed by atoms with E-state index in [0.29, 0.717) is 5.92 Å². The van der Waals surface area contributed by atoms with Crippen molar-refractivity contribution < 1.29 is 13.0 Å². The van der Waals surface area contributed by atoms with Crippen LogP contribution in [0.2, 0.25) is 0 Å². The number of fused-ring (bicyclic) bond motifs is 2. The first-order chi connectivity index (χ1) is 13.2. The minimum atomic E-state index is -4.12. The maximum Gasteiger partial charge on any atom is 0.265 e. The molecule has 0 unspecified atom stereocenters. The third-order valence-corrected chi connectivity index (χ3v) is 7.67. The molecule has 6 heteroatoms. The van der Waals surface area contributed by atoms with Crippen LogP contribution in [0.4, 0.5) is 11.4 Å². The van der Waals surface area contributed by atoms with E-state index in [1.165, 1.54) is 0 Å². The molecular weight excluding hydrogens is 372 g/mol. The number of hydrogen-bond donors (Lipinski definition) is 1. The van der Waals surface area contributed by atoms with E-state index in [1.54, 1.807) is 0 Å². The third kappa shape index (κ3) is 3.14. The molecule has 2 aromatic carbocycles. The molecule has 2 aliphatic carbocycles. The highest BCUT2D eigenvalue weighted by Crippen LogP contribution is 2.64. The predicted molar refractivity (Wildman–Crippen MR) is 112 cm³/mol. The molecule has 28 heavy (non-hydrogen) atoms. The van der Waals surface area contributed by atoms with Gasteiger partial charge in [0.05, 0.1) is 17.1 Å². The second kappa shape index (κ2) is 6.71. The molecule has 5 nitrogen and oxygen atoms in total. The van der Waals surface area contributed by atoms with Gasteiger partial charge in [0.15, 0.2) is 0 Å². The van der Waals surface area contributed by atoms with Gasteiger partial charge in [-0.15, -0.1) is 0 Å². The Labute approximate surface area is 166 Å². The van der Waals surface area contributed by atoms with Crippen molar-refractivity contribution in [2.45, 2.75) is 33.1 Å². The Kier molecular flexibility index (Phi) is 4.59. The second-order valence-electron chi connectivity index (χ2n) is 8.50. The standard InChI is InChI=1S/C22H26N2O3S/c1-21(2)17-13-14-22(21,16-28(25,26)27)20(15-17)23-24(18-9-5-3-6-10-18)19-11-7-4-8-12-19/h3-12,17H,13-16H2,1-2H3,(H,25,26,27)/b23-20-/t17-,22-/m0/s1. The van der Waals surface area contributed by atoms with Gasteiger partial charge in [0.1, 0.15) is 0 Å². The van der Waals surface area contributed by atoms with Crippen molar-refractivity contribution in [1.29, 1.82) is 0 Å². The van der Waals surface area contributed by atoms with E-state index in [-0.39, 0.29) is 11.2 Å².